The van der Waals surface area contributed by atoms with Crippen molar-refractivity contribution >= 4 is 0 Å². The van der Waals surface area contributed by atoms with Crippen LogP contribution in [-0.4, -0.2) is 36.7 Å². The van der Waals surface area contributed by atoms with E-state index in [0.717, 1.165) is 31.2 Å². The Labute approximate surface area is 188 Å². The van der Waals surface area contributed by atoms with Gasteiger partial charge in [0, 0.05) is 25.0 Å². The van der Waals surface area contributed by atoms with Crippen molar-refractivity contribution in [1.82, 2.24) is 10.2 Å². The Balaban J connectivity index is 1.37. The molecule has 2 unspecified atom stereocenters. The lowest BCUT2D eigenvalue weighted by molar-refractivity contribution is -0.0659. The number of ether oxygens (including phenoxy) is 1. The molecule has 1 saturated carbocycles. The van der Waals surface area contributed by atoms with Crippen LogP contribution < -0.4 is 10.1 Å². The Morgan fingerprint density at radius 3 is 2.42 bits per heavy atom. The van der Waals surface area contributed by atoms with Crippen LogP contribution in [-0.2, 0) is 0 Å². The molecule has 166 valence electrons. The molecule has 2 aliphatic heterocycles. The average molecular weight is 419 g/mol. The first-order valence-corrected chi connectivity index (χ1v) is 12.4. The average Bonchev–Trinajstić information content (AvgIpc) is 2.79. The number of rotatable bonds is 5. The molecule has 3 aliphatic rings. The lowest BCUT2D eigenvalue weighted by Gasteiger charge is -2.57. The summed E-state index contributed by atoms with van der Waals surface area (Å²) in [6, 6.07) is 20.8. The summed E-state index contributed by atoms with van der Waals surface area (Å²) in [6.45, 7) is 8.22. The lowest BCUT2D eigenvalue weighted by atomic mass is 9.59. The summed E-state index contributed by atoms with van der Waals surface area (Å²) in [4.78, 5) is 2.86. The van der Waals surface area contributed by atoms with Crippen LogP contribution in [0.4, 0.5) is 0 Å². The smallest absolute Gasteiger partial charge is 0.119 e. The third-order valence-corrected chi connectivity index (χ3v) is 8.09. The second kappa shape index (κ2) is 8.96. The van der Waals surface area contributed by atoms with Gasteiger partial charge in [0.15, 0.2) is 0 Å². The van der Waals surface area contributed by atoms with Crippen LogP contribution >= 0.6 is 0 Å². The number of benzene rings is 2. The van der Waals surface area contributed by atoms with Crippen LogP contribution in [0.15, 0.2) is 54.6 Å². The molecule has 0 amide bonds. The number of piperidine rings is 2. The maximum absolute atomic E-state index is 6.46. The van der Waals surface area contributed by atoms with E-state index in [-0.39, 0.29) is 6.10 Å². The molecule has 0 bridgehead atoms. The molecule has 0 radical (unpaired) electrons. The largest absolute Gasteiger partial charge is 0.490 e. The second-order valence-corrected chi connectivity index (χ2v) is 10.4. The zero-order valence-electron chi connectivity index (χ0n) is 19.2. The van der Waals surface area contributed by atoms with E-state index in [1.165, 1.54) is 49.9 Å². The fourth-order valence-electron chi connectivity index (χ4n) is 6.37. The summed E-state index contributed by atoms with van der Waals surface area (Å²) in [5.41, 5.74) is 3.66. The van der Waals surface area contributed by atoms with Gasteiger partial charge in [-0.1, -0.05) is 56.3 Å². The van der Waals surface area contributed by atoms with Crippen LogP contribution in [0.2, 0.25) is 0 Å². The van der Waals surface area contributed by atoms with E-state index in [9.17, 15) is 0 Å². The molecule has 31 heavy (non-hydrogen) atoms. The van der Waals surface area contributed by atoms with E-state index in [4.69, 9.17) is 4.74 Å². The molecular weight excluding hydrogens is 380 g/mol. The zero-order chi connectivity index (χ0) is 21.3. The molecule has 2 aromatic rings. The number of nitrogens with one attached hydrogen (secondary N) is 1. The Morgan fingerprint density at radius 1 is 0.968 bits per heavy atom. The van der Waals surface area contributed by atoms with Crippen molar-refractivity contribution in [1.29, 1.82) is 0 Å². The van der Waals surface area contributed by atoms with E-state index < -0.39 is 0 Å². The maximum atomic E-state index is 6.46. The molecule has 3 nitrogen and oxygen atoms in total. The van der Waals surface area contributed by atoms with Crippen molar-refractivity contribution in [3.05, 3.63) is 65.7 Å². The predicted octanol–water partition coefficient (Wildman–Crippen LogP) is 5.93. The van der Waals surface area contributed by atoms with Gasteiger partial charge < -0.3 is 10.1 Å². The van der Waals surface area contributed by atoms with Crippen LogP contribution in [0, 0.1) is 5.41 Å². The minimum absolute atomic E-state index is 0.289. The molecule has 3 heteroatoms. The zero-order valence-corrected chi connectivity index (χ0v) is 19.2. The predicted molar refractivity (Wildman–Crippen MR) is 128 cm³/mol. The van der Waals surface area contributed by atoms with Crippen molar-refractivity contribution in [2.45, 2.75) is 76.5 Å². The van der Waals surface area contributed by atoms with E-state index in [0.29, 0.717) is 17.4 Å². The van der Waals surface area contributed by atoms with Crippen LogP contribution in [0.25, 0.3) is 0 Å². The van der Waals surface area contributed by atoms with Crippen molar-refractivity contribution < 1.29 is 4.74 Å². The van der Waals surface area contributed by atoms with Crippen molar-refractivity contribution in [2.75, 3.05) is 19.6 Å². The number of nitrogens with zero attached hydrogens (tertiary/aromatic N) is 1. The van der Waals surface area contributed by atoms with Crippen LogP contribution in [0.5, 0.6) is 5.75 Å². The third-order valence-electron chi connectivity index (χ3n) is 8.09. The highest BCUT2D eigenvalue weighted by Crippen LogP contribution is 2.52. The van der Waals surface area contributed by atoms with Crippen molar-refractivity contribution in [3.63, 3.8) is 0 Å². The highest BCUT2D eigenvalue weighted by molar-refractivity contribution is 5.33. The number of para-hydroxylation sites is 1. The molecule has 5 rings (SSSR count). The van der Waals surface area contributed by atoms with Gasteiger partial charge in [-0.15, -0.1) is 0 Å². The van der Waals surface area contributed by atoms with E-state index in [1.807, 2.05) is 0 Å². The molecule has 2 saturated heterocycles. The normalized spacial score (nSPS) is 26.7. The van der Waals surface area contributed by atoms with Gasteiger partial charge in [-0.05, 0) is 79.8 Å². The molecule has 1 aliphatic carbocycles. The first-order chi connectivity index (χ1) is 15.1. The summed E-state index contributed by atoms with van der Waals surface area (Å²) in [5.74, 6) is 1.56. The topological polar surface area (TPSA) is 24.5 Å². The van der Waals surface area contributed by atoms with Gasteiger partial charge in [0.1, 0.15) is 11.9 Å². The molecule has 1 spiro atoms. The van der Waals surface area contributed by atoms with E-state index >= 15 is 0 Å². The highest BCUT2D eigenvalue weighted by atomic mass is 16.5. The Kier molecular flexibility index (Phi) is 6.08. The fourth-order valence-corrected chi connectivity index (χ4v) is 6.37. The van der Waals surface area contributed by atoms with Gasteiger partial charge in [0.25, 0.3) is 0 Å². The van der Waals surface area contributed by atoms with Gasteiger partial charge in [-0.2, -0.15) is 0 Å². The molecule has 3 fully saturated rings. The highest BCUT2D eigenvalue weighted by Gasteiger charge is 2.49. The lowest BCUT2D eigenvalue weighted by Crippen LogP contribution is -2.57. The van der Waals surface area contributed by atoms with Gasteiger partial charge in [0.05, 0.1) is 0 Å². The maximum Gasteiger partial charge on any atom is 0.119 e. The second-order valence-electron chi connectivity index (χ2n) is 10.4. The Hall–Kier alpha value is -1.84. The van der Waals surface area contributed by atoms with Gasteiger partial charge >= 0.3 is 0 Å². The Morgan fingerprint density at radius 2 is 1.68 bits per heavy atom. The molecule has 2 heterocycles. The standard InChI is InChI=1S/C28H38N2O/c1-21(2)25-10-6-7-11-26(25)27-18-24(31-23-8-4-3-5-9-23)12-17-30(27)22-19-28(20-22)13-15-29-16-14-28/h3-11,21-22,24,27,29H,12-20H2,1-2H3. The summed E-state index contributed by atoms with van der Waals surface area (Å²) < 4.78 is 6.46. The quantitative estimate of drug-likeness (QED) is 0.652. The summed E-state index contributed by atoms with van der Waals surface area (Å²) >= 11 is 0. The first kappa shape index (κ1) is 21.0. The Bertz CT molecular complexity index is 850. The number of hydrogen-bond donors (Lipinski definition) is 1. The minimum atomic E-state index is 0.289. The molecule has 0 aromatic heterocycles. The van der Waals surface area contributed by atoms with Crippen LogP contribution in [0.3, 0.4) is 0 Å². The van der Waals surface area contributed by atoms with Crippen LogP contribution in [0.1, 0.15) is 75.5 Å². The van der Waals surface area contributed by atoms with Gasteiger partial charge in [-0.3, -0.25) is 4.90 Å². The van der Waals surface area contributed by atoms with Crippen molar-refractivity contribution in [3.8, 4) is 5.75 Å². The third kappa shape index (κ3) is 4.40. The molecule has 2 atom stereocenters. The number of likely N-dealkylation sites (tertiary alicyclic amines) is 1. The van der Waals surface area contributed by atoms with E-state index in [1.54, 1.807) is 0 Å². The SMILES string of the molecule is CC(C)c1ccccc1C1CC(Oc2ccccc2)CCN1C1CC2(CCNCC2)C1. The van der Waals surface area contributed by atoms with E-state index in [2.05, 4.69) is 78.7 Å². The number of hydrogen-bond acceptors (Lipinski definition) is 3. The van der Waals surface area contributed by atoms with Gasteiger partial charge in [-0.25, -0.2) is 0 Å². The first-order valence-electron chi connectivity index (χ1n) is 12.4. The molecule has 1 N–H and O–H groups in total. The molecule has 2 aromatic carbocycles. The molecular formula is C28H38N2O. The minimum Gasteiger partial charge on any atom is -0.490 e. The monoisotopic (exact) mass is 418 g/mol. The summed E-state index contributed by atoms with van der Waals surface area (Å²) in [7, 11) is 0. The van der Waals surface area contributed by atoms with Crippen molar-refractivity contribution in [2.24, 2.45) is 5.41 Å². The summed E-state index contributed by atoms with van der Waals surface area (Å²) in [6.07, 6.45) is 8.01. The fraction of sp³-hybridized carbons (Fsp3) is 0.571. The van der Waals surface area contributed by atoms with Gasteiger partial charge in [0.2, 0.25) is 0 Å². The summed E-state index contributed by atoms with van der Waals surface area (Å²) in [5, 5.41) is 3.56.